The first kappa shape index (κ1) is 21.2. The van der Waals surface area contributed by atoms with Gasteiger partial charge in [0.25, 0.3) is 0 Å². The van der Waals surface area contributed by atoms with E-state index in [1.807, 2.05) is 11.0 Å². The number of benzene rings is 1. The fourth-order valence-electron chi connectivity index (χ4n) is 5.68. The van der Waals surface area contributed by atoms with Crippen LogP contribution in [0.4, 0.5) is 15.9 Å². The number of hydrogen-bond acceptors (Lipinski definition) is 8. The molecule has 4 unspecified atom stereocenters. The van der Waals surface area contributed by atoms with Gasteiger partial charge in [-0.05, 0) is 42.1 Å². The topological polar surface area (TPSA) is 117 Å². The minimum atomic E-state index is -1.29. The van der Waals surface area contributed by atoms with Crippen molar-refractivity contribution in [3.63, 3.8) is 0 Å². The average Bonchev–Trinajstić information content (AvgIpc) is 3.56. The zero-order chi connectivity index (χ0) is 22.9. The molecule has 174 valence electrons. The van der Waals surface area contributed by atoms with E-state index in [1.54, 1.807) is 0 Å². The van der Waals surface area contributed by atoms with Gasteiger partial charge in [0.15, 0.2) is 23.2 Å². The van der Waals surface area contributed by atoms with Crippen molar-refractivity contribution < 1.29 is 24.4 Å². The molecule has 1 spiro atoms. The highest BCUT2D eigenvalue weighted by Gasteiger charge is 2.47. The fourth-order valence-corrected chi connectivity index (χ4v) is 5.84. The number of imidazole rings is 1. The molecular weight excluding hydrogens is 453 g/mol. The molecule has 0 amide bonds. The minimum absolute atomic E-state index is 0.0312. The van der Waals surface area contributed by atoms with Gasteiger partial charge in [-0.1, -0.05) is 18.9 Å². The van der Waals surface area contributed by atoms with Crippen molar-refractivity contribution in [1.29, 1.82) is 0 Å². The van der Waals surface area contributed by atoms with Crippen LogP contribution in [0.3, 0.4) is 0 Å². The molecule has 0 bridgehead atoms. The number of aliphatic hydroxyl groups is 3. The molecule has 3 aromatic rings. The third kappa shape index (κ3) is 3.08. The number of nitrogens with zero attached hydrogens (tertiary/aromatic N) is 5. The largest absolute Gasteiger partial charge is 0.394 e. The van der Waals surface area contributed by atoms with Crippen LogP contribution in [-0.4, -0.2) is 66.3 Å². The van der Waals surface area contributed by atoms with E-state index in [2.05, 4.69) is 15.0 Å². The highest BCUT2D eigenvalue weighted by Crippen LogP contribution is 2.53. The van der Waals surface area contributed by atoms with Crippen molar-refractivity contribution >= 4 is 34.3 Å². The molecule has 2 aromatic heterocycles. The Balaban J connectivity index is 1.48. The summed E-state index contributed by atoms with van der Waals surface area (Å²) < 4.78 is 21.4. The highest BCUT2D eigenvalue weighted by atomic mass is 35.5. The zero-order valence-corrected chi connectivity index (χ0v) is 18.4. The Kier molecular flexibility index (Phi) is 4.86. The third-order valence-electron chi connectivity index (χ3n) is 7.27. The number of aromatic nitrogens is 4. The molecule has 1 saturated heterocycles. The summed E-state index contributed by atoms with van der Waals surface area (Å²) >= 11 is 6.31. The molecule has 3 aliphatic rings. The number of rotatable bonds is 3. The lowest BCUT2D eigenvalue weighted by atomic mass is 9.81. The van der Waals surface area contributed by atoms with Crippen LogP contribution in [0.1, 0.15) is 37.5 Å². The van der Waals surface area contributed by atoms with Crippen LogP contribution in [0.25, 0.3) is 11.2 Å². The standard InChI is InChI=1S/C22H23ClFN5O4/c23-21-26-18(28-9-22(5-1-2-6-22)12-4-3-11(24)7-13(12)28)15-19(27-21)29(10-25-15)20-17(32)16(31)14(8-30)33-20/h3-4,7,10,14,16-17,20,30-32H,1-2,5-6,8-9H2. The van der Waals surface area contributed by atoms with Crippen LogP contribution in [0, 0.1) is 5.82 Å². The SMILES string of the molecule is OCC1OC(n2cnc3c(N4CC5(CCCC5)c5ccc(F)cc54)nc(Cl)nc32)C(O)C1O. The van der Waals surface area contributed by atoms with Gasteiger partial charge in [-0.15, -0.1) is 0 Å². The molecule has 1 saturated carbocycles. The van der Waals surface area contributed by atoms with E-state index < -0.39 is 31.1 Å². The van der Waals surface area contributed by atoms with Crippen LogP contribution in [0.5, 0.6) is 0 Å². The molecule has 3 N–H and O–H groups in total. The summed E-state index contributed by atoms with van der Waals surface area (Å²) in [7, 11) is 0. The van der Waals surface area contributed by atoms with Gasteiger partial charge in [-0.3, -0.25) is 4.57 Å². The quantitative estimate of drug-likeness (QED) is 0.494. The first-order valence-electron chi connectivity index (χ1n) is 11.0. The van der Waals surface area contributed by atoms with Gasteiger partial charge in [-0.25, -0.2) is 9.37 Å². The summed E-state index contributed by atoms with van der Waals surface area (Å²) in [4.78, 5) is 15.2. The summed E-state index contributed by atoms with van der Waals surface area (Å²) in [6, 6.07) is 4.89. The van der Waals surface area contributed by atoms with Gasteiger partial charge in [0.05, 0.1) is 12.9 Å². The van der Waals surface area contributed by atoms with Crippen molar-refractivity contribution in [2.24, 2.45) is 0 Å². The second kappa shape index (κ2) is 7.57. The molecule has 33 heavy (non-hydrogen) atoms. The van der Waals surface area contributed by atoms with E-state index in [1.165, 1.54) is 23.0 Å². The van der Waals surface area contributed by atoms with Crippen molar-refractivity contribution in [1.82, 2.24) is 19.5 Å². The first-order valence-corrected chi connectivity index (χ1v) is 11.4. The van der Waals surface area contributed by atoms with Crippen LogP contribution in [0.15, 0.2) is 24.5 Å². The van der Waals surface area contributed by atoms with E-state index in [-0.39, 0.29) is 16.5 Å². The van der Waals surface area contributed by atoms with Gasteiger partial charge in [-0.2, -0.15) is 9.97 Å². The van der Waals surface area contributed by atoms with E-state index in [4.69, 9.17) is 16.3 Å². The molecule has 6 rings (SSSR count). The Hall–Kier alpha value is -2.37. The summed E-state index contributed by atoms with van der Waals surface area (Å²) in [6.07, 6.45) is 1.20. The molecule has 4 atom stereocenters. The smallest absolute Gasteiger partial charge is 0.226 e. The lowest BCUT2D eigenvalue weighted by Crippen LogP contribution is -2.33. The molecule has 2 aliphatic heterocycles. The predicted octanol–water partition coefficient (Wildman–Crippen LogP) is 2.19. The second-order valence-corrected chi connectivity index (χ2v) is 9.44. The summed E-state index contributed by atoms with van der Waals surface area (Å²) in [5.74, 6) is 0.119. The molecule has 9 nitrogen and oxygen atoms in total. The molecule has 0 radical (unpaired) electrons. The van der Waals surface area contributed by atoms with Crippen molar-refractivity contribution in [2.45, 2.75) is 55.6 Å². The van der Waals surface area contributed by atoms with Gasteiger partial charge >= 0.3 is 0 Å². The van der Waals surface area contributed by atoms with Crippen LogP contribution in [0.2, 0.25) is 5.28 Å². The van der Waals surface area contributed by atoms with E-state index in [9.17, 15) is 19.7 Å². The van der Waals surface area contributed by atoms with Gasteiger partial charge in [0.1, 0.15) is 24.1 Å². The molecule has 11 heteroatoms. The Morgan fingerprint density at radius 2 is 1.97 bits per heavy atom. The minimum Gasteiger partial charge on any atom is -0.394 e. The molecule has 4 heterocycles. The summed E-state index contributed by atoms with van der Waals surface area (Å²) in [5, 5.41) is 30.0. The Labute approximate surface area is 193 Å². The number of hydrogen-bond donors (Lipinski definition) is 3. The van der Waals surface area contributed by atoms with Crippen LogP contribution in [-0.2, 0) is 10.2 Å². The highest BCUT2D eigenvalue weighted by molar-refractivity contribution is 6.28. The van der Waals surface area contributed by atoms with Crippen molar-refractivity contribution in [3.05, 3.63) is 41.2 Å². The number of fused-ring (bicyclic) bond motifs is 3. The van der Waals surface area contributed by atoms with Gasteiger partial charge < -0.3 is 25.0 Å². The van der Waals surface area contributed by atoms with Gasteiger partial charge in [0, 0.05) is 17.6 Å². The average molecular weight is 476 g/mol. The monoisotopic (exact) mass is 475 g/mol. The Morgan fingerprint density at radius 3 is 2.70 bits per heavy atom. The molecule has 1 aromatic carbocycles. The van der Waals surface area contributed by atoms with Crippen LogP contribution >= 0.6 is 11.6 Å². The normalized spacial score (nSPS) is 28.3. The summed E-state index contributed by atoms with van der Waals surface area (Å²) in [5.41, 5.74) is 2.51. The number of anilines is 2. The van der Waals surface area contributed by atoms with Crippen LogP contribution < -0.4 is 4.90 Å². The fraction of sp³-hybridized carbons (Fsp3) is 0.500. The van der Waals surface area contributed by atoms with Crippen molar-refractivity contribution in [3.8, 4) is 0 Å². The second-order valence-electron chi connectivity index (χ2n) is 9.10. The third-order valence-corrected chi connectivity index (χ3v) is 7.44. The molecular formula is C22H23ClFN5O4. The molecule has 1 aliphatic carbocycles. The zero-order valence-electron chi connectivity index (χ0n) is 17.6. The molecule has 2 fully saturated rings. The number of aliphatic hydroxyl groups excluding tert-OH is 3. The van der Waals surface area contributed by atoms with E-state index in [0.29, 0.717) is 23.5 Å². The lowest BCUT2D eigenvalue weighted by Gasteiger charge is -2.25. The lowest BCUT2D eigenvalue weighted by molar-refractivity contribution is -0.0511. The predicted molar refractivity (Wildman–Crippen MR) is 117 cm³/mol. The number of halogens is 2. The maximum absolute atomic E-state index is 14.3. The number of ether oxygens (including phenoxy) is 1. The summed E-state index contributed by atoms with van der Waals surface area (Å²) in [6.45, 7) is 0.190. The maximum Gasteiger partial charge on any atom is 0.226 e. The maximum atomic E-state index is 14.3. The van der Waals surface area contributed by atoms with E-state index in [0.717, 1.165) is 36.9 Å². The van der Waals surface area contributed by atoms with Gasteiger partial charge in [0.2, 0.25) is 5.28 Å². The Bertz CT molecular complexity index is 1230. The Morgan fingerprint density at radius 1 is 1.18 bits per heavy atom. The van der Waals surface area contributed by atoms with Crippen molar-refractivity contribution in [2.75, 3.05) is 18.1 Å². The van der Waals surface area contributed by atoms with E-state index >= 15 is 0 Å². The first-order chi connectivity index (χ1) is 15.9.